The van der Waals surface area contributed by atoms with E-state index in [4.69, 9.17) is 0 Å². The smallest absolute Gasteiger partial charge is 0.111 e. The van der Waals surface area contributed by atoms with E-state index in [1.165, 1.54) is 4.70 Å². The van der Waals surface area contributed by atoms with Crippen LogP contribution in [0.25, 0.3) is 10.2 Å². The van der Waals surface area contributed by atoms with E-state index in [0.29, 0.717) is 0 Å². The van der Waals surface area contributed by atoms with Gasteiger partial charge in [0.25, 0.3) is 0 Å². The Kier molecular flexibility index (Phi) is 2.91. The molecule has 1 saturated heterocycles. The number of benzene rings is 1. The Morgan fingerprint density at radius 2 is 2.29 bits per heavy atom. The van der Waals surface area contributed by atoms with Gasteiger partial charge < -0.3 is 5.32 Å². The van der Waals surface area contributed by atoms with Gasteiger partial charge in [-0.1, -0.05) is 12.1 Å². The zero-order chi connectivity index (χ0) is 11.7. The van der Waals surface area contributed by atoms with Crippen molar-refractivity contribution in [3.63, 3.8) is 0 Å². The van der Waals surface area contributed by atoms with Crippen LogP contribution in [0, 0.1) is 0 Å². The van der Waals surface area contributed by atoms with Crippen LogP contribution in [0.1, 0.15) is 23.9 Å². The molecule has 0 spiro atoms. The average molecular weight is 248 g/mol. The maximum absolute atomic E-state index is 12.6. The van der Waals surface area contributed by atoms with E-state index in [1.807, 2.05) is 18.2 Å². The Morgan fingerprint density at radius 1 is 1.41 bits per heavy atom. The third-order valence-corrected chi connectivity index (χ3v) is 4.22. The molecule has 1 fully saturated rings. The van der Waals surface area contributed by atoms with E-state index in [1.54, 1.807) is 11.3 Å². The summed E-state index contributed by atoms with van der Waals surface area (Å²) < 4.78 is 13.8. The number of piperidine rings is 1. The zero-order valence-corrected chi connectivity index (χ0v) is 10.1. The molecule has 1 unspecified atom stereocenters. The molecule has 0 amide bonds. The first-order valence-electron chi connectivity index (χ1n) is 5.74. The van der Waals surface area contributed by atoms with Gasteiger partial charge in [-0.05, 0) is 37.1 Å². The number of aromatic nitrogens is 1. The molecule has 1 aromatic carbocycles. The Morgan fingerprint density at radius 3 is 3.12 bits per heavy atom. The minimum atomic E-state index is 0.170. The first-order valence-corrected chi connectivity index (χ1v) is 6.55. The number of rotatable bonds is 1. The average Bonchev–Trinajstić information content (AvgIpc) is 2.82. The SMILES string of the molecule is FC=C1CCNC(c2nc3ccccc3s2)C1. The Bertz CT molecular complexity index is 528. The first kappa shape index (κ1) is 10.9. The molecular weight excluding hydrogens is 235 g/mol. The van der Waals surface area contributed by atoms with Crippen LogP contribution in [0.3, 0.4) is 0 Å². The molecule has 1 atom stereocenters. The van der Waals surface area contributed by atoms with Crippen molar-refractivity contribution in [2.24, 2.45) is 0 Å². The molecule has 4 heteroatoms. The minimum Gasteiger partial charge on any atom is -0.307 e. The Hall–Kier alpha value is -1.26. The summed E-state index contributed by atoms with van der Waals surface area (Å²) in [5.41, 5.74) is 1.92. The fourth-order valence-corrected chi connectivity index (χ4v) is 3.20. The molecule has 0 aliphatic carbocycles. The van der Waals surface area contributed by atoms with Crippen molar-refractivity contribution in [2.75, 3.05) is 6.54 Å². The highest BCUT2D eigenvalue weighted by atomic mass is 32.1. The molecule has 1 N–H and O–H groups in total. The van der Waals surface area contributed by atoms with E-state index in [9.17, 15) is 4.39 Å². The van der Waals surface area contributed by atoms with Crippen molar-refractivity contribution in [1.29, 1.82) is 0 Å². The predicted octanol–water partition coefficient (Wildman–Crippen LogP) is 3.57. The Labute approximate surface area is 103 Å². The summed E-state index contributed by atoms with van der Waals surface area (Å²) >= 11 is 1.69. The second-order valence-corrected chi connectivity index (χ2v) is 5.31. The van der Waals surface area contributed by atoms with E-state index in [2.05, 4.69) is 16.4 Å². The van der Waals surface area contributed by atoms with Gasteiger partial charge in [0.15, 0.2) is 0 Å². The molecule has 1 aliphatic rings. The summed E-state index contributed by atoms with van der Waals surface area (Å²) in [6.07, 6.45) is 2.29. The van der Waals surface area contributed by atoms with Gasteiger partial charge in [0.2, 0.25) is 0 Å². The van der Waals surface area contributed by atoms with Gasteiger partial charge in [0, 0.05) is 0 Å². The molecule has 2 heterocycles. The lowest BCUT2D eigenvalue weighted by atomic mass is 10.0. The number of fused-ring (bicyclic) bond motifs is 1. The fraction of sp³-hybridized carbons (Fsp3) is 0.308. The highest BCUT2D eigenvalue weighted by Gasteiger charge is 2.21. The van der Waals surface area contributed by atoms with E-state index >= 15 is 0 Å². The lowest BCUT2D eigenvalue weighted by molar-refractivity contribution is 0.470. The zero-order valence-electron chi connectivity index (χ0n) is 9.32. The molecular formula is C13H13FN2S. The quantitative estimate of drug-likeness (QED) is 0.834. The monoisotopic (exact) mass is 248 g/mol. The van der Waals surface area contributed by atoms with Crippen molar-refractivity contribution >= 4 is 21.6 Å². The van der Waals surface area contributed by atoms with Gasteiger partial charge in [-0.25, -0.2) is 9.37 Å². The third kappa shape index (κ3) is 2.10. The molecule has 0 saturated carbocycles. The number of nitrogens with one attached hydrogen (secondary N) is 1. The largest absolute Gasteiger partial charge is 0.307 e. The van der Waals surface area contributed by atoms with Crippen LogP contribution in [0.15, 0.2) is 36.2 Å². The number of para-hydroxylation sites is 1. The summed E-state index contributed by atoms with van der Waals surface area (Å²) in [5, 5.41) is 4.46. The van der Waals surface area contributed by atoms with Gasteiger partial charge in [-0.2, -0.15) is 0 Å². The van der Waals surface area contributed by atoms with Gasteiger partial charge in [-0.15, -0.1) is 11.3 Å². The van der Waals surface area contributed by atoms with Crippen LogP contribution in [0.5, 0.6) is 0 Å². The second-order valence-electron chi connectivity index (χ2n) is 4.25. The van der Waals surface area contributed by atoms with Crippen molar-refractivity contribution < 1.29 is 4.39 Å². The standard InChI is InChI=1S/C13H13FN2S/c14-8-9-5-6-15-11(7-9)13-16-10-3-1-2-4-12(10)17-13/h1-4,8,11,15H,5-7H2. The highest BCUT2D eigenvalue weighted by Crippen LogP contribution is 2.32. The van der Waals surface area contributed by atoms with Gasteiger partial charge in [0.1, 0.15) is 5.01 Å². The summed E-state index contributed by atoms with van der Waals surface area (Å²) in [6, 6.07) is 8.27. The molecule has 1 aliphatic heterocycles. The third-order valence-electron chi connectivity index (χ3n) is 3.07. The fourth-order valence-electron chi connectivity index (χ4n) is 2.16. The molecule has 0 bridgehead atoms. The molecule has 3 rings (SSSR count). The molecule has 2 nitrogen and oxygen atoms in total. The van der Waals surface area contributed by atoms with Crippen molar-refractivity contribution in [2.45, 2.75) is 18.9 Å². The lowest BCUT2D eigenvalue weighted by Gasteiger charge is -2.23. The van der Waals surface area contributed by atoms with Crippen molar-refractivity contribution in [3.05, 3.63) is 41.2 Å². The van der Waals surface area contributed by atoms with Crippen LogP contribution in [0.2, 0.25) is 0 Å². The number of thiazole rings is 1. The van der Waals surface area contributed by atoms with Gasteiger partial charge in [-0.3, -0.25) is 0 Å². The summed E-state index contributed by atoms with van der Waals surface area (Å²) in [5.74, 6) is 0. The van der Waals surface area contributed by atoms with Crippen LogP contribution < -0.4 is 5.32 Å². The van der Waals surface area contributed by atoms with Gasteiger partial charge >= 0.3 is 0 Å². The van der Waals surface area contributed by atoms with E-state index in [0.717, 1.165) is 41.8 Å². The number of hydrogen-bond acceptors (Lipinski definition) is 3. The summed E-state index contributed by atoms with van der Waals surface area (Å²) in [7, 11) is 0. The van der Waals surface area contributed by atoms with Crippen molar-refractivity contribution in [3.8, 4) is 0 Å². The normalized spacial score (nSPS) is 23.4. The molecule has 88 valence electrons. The lowest BCUT2D eigenvalue weighted by Crippen LogP contribution is -2.27. The maximum atomic E-state index is 12.6. The molecule has 1 aromatic heterocycles. The predicted molar refractivity (Wildman–Crippen MR) is 68.8 cm³/mol. The van der Waals surface area contributed by atoms with Gasteiger partial charge in [0.05, 0.1) is 22.6 Å². The van der Waals surface area contributed by atoms with Crippen LogP contribution in [-0.4, -0.2) is 11.5 Å². The number of hydrogen-bond donors (Lipinski definition) is 1. The van der Waals surface area contributed by atoms with Crippen LogP contribution >= 0.6 is 11.3 Å². The van der Waals surface area contributed by atoms with Crippen LogP contribution in [-0.2, 0) is 0 Å². The second kappa shape index (κ2) is 4.55. The highest BCUT2D eigenvalue weighted by molar-refractivity contribution is 7.18. The topological polar surface area (TPSA) is 24.9 Å². The number of halogens is 1. The maximum Gasteiger partial charge on any atom is 0.111 e. The summed E-state index contributed by atoms with van der Waals surface area (Å²) in [6.45, 7) is 0.830. The first-order chi connectivity index (χ1) is 8.36. The number of nitrogens with zero attached hydrogens (tertiary/aromatic N) is 1. The van der Waals surface area contributed by atoms with E-state index in [-0.39, 0.29) is 6.04 Å². The molecule has 2 aromatic rings. The van der Waals surface area contributed by atoms with Crippen LogP contribution in [0.4, 0.5) is 4.39 Å². The Balaban J connectivity index is 1.92. The summed E-state index contributed by atoms with van der Waals surface area (Å²) in [4.78, 5) is 4.61. The van der Waals surface area contributed by atoms with E-state index < -0.39 is 0 Å². The minimum absolute atomic E-state index is 0.170. The molecule has 17 heavy (non-hydrogen) atoms. The molecule has 0 radical (unpaired) electrons. The van der Waals surface area contributed by atoms with Crippen molar-refractivity contribution in [1.82, 2.24) is 10.3 Å².